The van der Waals surface area contributed by atoms with E-state index in [2.05, 4.69) is 15.3 Å². The Labute approximate surface area is 106 Å². The molecule has 0 spiro atoms. The molecule has 0 bridgehead atoms. The van der Waals surface area contributed by atoms with Gasteiger partial charge in [-0.2, -0.15) is 0 Å². The first-order valence-electron chi connectivity index (χ1n) is 5.55. The minimum atomic E-state index is 0.641. The Morgan fingerprint density at radius 1 is 1.24 bits per heavy atom. The van der Waals surface area contributed by atoms with Crippen molar-refractivity contribution in [2.24, 2.45) is 0 Å². The van der Waals surface area contributed by atoms with Gasteiger partial charge in [0, 0.05) is 22.8 Å². The lowest BCUT2D eigenvalue weighted by atomic mass is 10.1. The lowest BCUT2D eigenvalue weighted by Crippen LogP contribution is -2.03. The molecule has 1 heterocycles. The largest absolute Gasteiger partial charge is 0.354 e. The molecule has 0 unspecified atom stereocenters. The number of nitrogens with zero attached hydrogens (tertiary/aromatic N) is 2. The second kappa shape index (κ2) is 5.15. The third-order valence-electron chi connectivity index (χ3n) is 2.34. The molecule has 2 rings (SSSR count). The van der Waals surface area contributed by atoms with E-state index in [1.54, 1.807) is 0 Å². The van der Waals surface area contributed by atoms with Crippen molar-refractivity contribution >= 4 is 17.5 Å². The number of benzene rings is 1. The number of rotatable bonds is 3. The Morgan fingerprint density at radius 2 is 2.00 bits per heavy atom. The molecule has 3 nitrogen and oxygen atoms in total. The number of halogens is 1. The molecule has 1 aromatic carbocycles. The molecule has 0 aliphatic rings. The fourth-order valence-electron chi connectivity index (χ4n) is 1.61. The molecule has 88 valence electrons. The molecule has 1 aromatic heterocycles. The van der Waals surface area contributed by atoms with Gasteiger partial charge in [-0.3, -0.25) is 0 Å². The monoisotopic (exact) mass is 247 g/mol. The Balaban J connectivity index is 2.48. The number of nitrogens with one attached hydrogen (secondary N) is 1. The predicted molar refractivity (Wildman–Crippen MR) is 71.4 cm³/mol. The summed E-state index contributed by atoms with van der Waals surface area (Å²) in [6.45, 7) is 4.76. The number of hydrogen-bond donors (Lipinski definition) is 1. The smallest absolute Gasteiger partial charge is 0.223 e. The zero-order chi connectivity index (χ0) is 12.3. The summed E-state index contributed by atoms with van der Waals surface area (Å²) in [5, 5.41) is 3.81. The molecule has 17 heavy (non-hydrogen) atoms. The SMILES string of the molecule is CCNc1nc(C)cc(-c2ccccc2Cl)n1. The molecule has 4 heteroatoms. The van der Waals surface area contributed by atoms with E-state index in [1.807, 2.05) is 44.2 Å². The van der Waals surface area contributed by atoms with Gasteiger partial charge in [-0.05, 0) is 26.0 Å². The molecule has 0 amide bonds. The zero-order valence-corrected chi connectivity index (χ0v) is 10.6. The van der Waals surface area contributed by atoms with E-state index in [0.29, 0.717) is 11.0 Å². The lowest BCUT2D eigenvalue weighted by molar-refractivity contribution is 1.06. The second-order valence-electron chi connectivity index (χ2n) is 3.73. The topological polar surface area (TPSA) is 37.8 Å². The summed E-state index contributed by atoms with van der Waals surface area (Å²) in [6, 6.07) is 9.61. The maximum absolute atomic E-state index is 6.16. The van der Waals surface area contributed by atoms with Crippen molar-refractivity contribution in [3.05, 3.63) is 41.0 Å². The fraction of sp³-hybridized carbons (Fsp3) is 0.231. The van der Waals surface area contributed by atoms with Gasteiger partial charge < -0.3 is 5.32 Å². The van der Waals surface area contributed by atoms with E-state index in [4.69, 9.17) is 11.6 Å². The molecule has 0 aliphatic carbocycles. The van der Waals surface area contributed by atoms with Crippen LogP contribution in [0.2, 0.25) is 5.02 Å². The van der Waals surface area contributed by atoms with Crippen LogP contribution in [-0.4, -0.2) is 16.5 Å². The van der Waals surface area contributed by atoms with Crippen LogP contribution < -0.4 is 5.32 Å². The Hall–Kier alpha value is -1.61. The van der Waals surface area contributed by atoms with Crippen LogP contribution in [0.25, 0.3) is 11.3 Å². The van der Waals surface area contributed by atoms with E-state index in [9.17, 15) is 0 Å². The van der Waals surface area contributed by atoms with Gasteiger partial charge in [0.1, 0.15) is 0 Å². The van der Waals surface area contributed by atoms with Crippen molar-refractivity contribution in [1.82, 2.24) is 9.97 Å². The average molecular weight is 248 g/mol. The summed E-state index contributed by atoms with van der Waals surface area (Å²) in [6.07, 6.45) is 0. The Bertz CT molecular complexity index is 526. The zero-order valence-electron chi connectivity index (χ0n) is 9.87. The molecule has 0 fully saturated rings. The second-order valence-corrected chi connectivity index (χ2v) is 4.14. The summed E-state index contributed by atoms with van der Waals surface area (Å²) in [4.78, 5) is 8.76. The standard InChI is InChI=1S/C13H14ClN3/c1-3-15-13-16-9(2)8-12(17-13)10-6-4-5-7-11(10)14/h4-8H,3H2,1-2H3,(H,15,16,17). The first-order chi connectivity index (χ1) is 8.20. The van der Waals surface area contributed by atoms with Crippen LogP contribution in [0.4, 0.5) is 5.95 Å². The van der Waals surface area contributed by atoms with Gasteiger partial charge in [0.2, 0.25) is 5.95 Å². The number of anilines is 1. The normalized spacial score (nSPS) is 10.3. The van der Waals surface area contributed by atoms with Gasteiger partial charge in [0.25, 0.3) is 0 Å². The third-order valence-corrected chi connectivity index (χ3v) is 2.67. The highest BCUT2D eigenvalue weighted by Gasteiger charge is 2.07. The summed E-state index contributed by atoms with van der Waals surface area (Å²) in [5.41, 5.74) is 2.70. The Morgan fingerprint density at radius 3 is 2.71 bits per heavy atom. The number of aromatic nitrogens is 2. The van der Waals surface area contributed by atoms with Crippen molar-refractivity contribution in [3.63, 3.8) is 0 Å². The molecular weight excluding hydrogens is 234 g/mol. The highest BCUT2D eigenvalue weighted by Crippen LogP contribution is 2.26. The van der Waals surface area contributed by atoms with E-state index < -0.39 is 0 Å². The molecule has 2 aromatic rings. The summed E-state index contributed by atoms with van der Waals surface area (Å²) >= 11 is 6.16. The van der Waals surface area contributed by atoms with Gasteiger partial charge in [-0.25, -0.2) is 9.97 Å². The lowest BCUT2D eigenvalue weighted by Gasteiger charge is -2.07. The minimum absolute atomic E-state index is 0.641. The van der Waals surface area contributed by atoms with Crippen LogP contribution in [0.1, 0.15) is 12.6 Å². The molecule has 0 saturated carbocycles. The summed E-state index contributed by atoms with van der Waals surface area (Å²) in [7, 11) is 0. The van der Waals surface area contributed by atoms with Gasteiger partial charge in [-0.1, -0.05) is 29.8 Å². The quantitative estimate of drug-likeness (QED) is 0.902. The van der Waals surface area contributed by atoms with Crippen LogP contribution in [0.3, 0.4) is 0 Å². The molecule has 1 N–H and O–H groups in total. The minimum Gasteiger partial charge on any atom is -0.354 e. The van der Waals surface area contributed by atoms with Crippen molar-refractivity contribution in [2.45, 2.75) is 13.8 Å². The first-order valence-corrected chi connectivity index (χ1v) is 5.93. The van der Waals surface area contributed by atoms with E-state index >= 15 is 0 Å². The van der Waals surface area contributed by atoms with E-state index in [0.717, 1.165) is 23.5 Å². The summed E-state index contributed by atoms with van der Waals surface area (Å²) < 4.78 is 0. The Kier molecular flexibility index (Phi) is 3.59. The van der Waals surface area contributed by atoms with Crippen molar-refractivity contribution in [3.8, 4) is 11.3 Å². The van der Waals surface area contributed by atoms with Gasteiger partial charge in [0.15, 0.2) is 0 Å². The van der Waals surface area contributed by atoms with E-state index in [1.165, 1.54) is 0 Å². The highest BCUT2D eigenvalue weighted by atomic mass is 35.5. The van der Waals surface area contributed by atoms with Crippen LogP contribution in [0.5, 0.6) is 0 Å². The fourth-order valence-corrected chi connectivity index (χ4v) is 1.85. The molecule has 0 radical (unpaired) electrons. The van der Waals surface area contributed by atoms with Crippen LogP contribution >= 0.6 is 11.6 Å². The van der Waals surface area contributed by atoms with Gasteiger partial charge in [0.05, 0.1) is 5.69 Å². The maximum atomic E-state index is 6.16. The molecular formula is C13H14ClN3. The van der Waals surface area contributed by atoms with Crippen molar-refractivity contribution in [1.29, 1.82) is 0 Å². The van der Waals surface area contributed by atoms with Crippen LogP contribution in [0.15, 0.2) is 30.3 Å². The molecule has 0 atom stereocenters. The van der Waals surface area contributed by atoms with Crippen molar-refractivity contribution < 1.29 is 0 Å². The van der Waals surface area contributed by atoms with Crippen molar-refractivity contribution in [2.75, 3.05) is 11.9 Å². The molecule has 0 aliphatic heterocycles. The molecule has 0 saturated heterocycles. The highest BCUT2D eigenvalue weighted by molar-refractivity contribution is 6.33. The van der Waals surface area contributed by atoms with Gasteiger partial charge >= 0.3 is 0 Å². The van der Waals surface area contributed by atoms with Gasteiger partial charge in [-0.15, -0.1) is 0 Å². The van der Waals surface area contributed by atoms with Crippen LogP contribution in [-0.2, 0) is 0 Å². The van der Waals surface area contributed by atoms with Crippen LogP contribution in [0, 0.1) is 6.92 Å². The number of aryl methyl sites for hydroxylation is 1. The summed E-state index contributed by atoms with van der Waals surface area (Å²) in [5.74, 6) is 0.641. The first kappa shape index (κ1) is 11.9. The average Bonchev–Trinajstić information content (AvgIpc) is 2.29. The predicted octanol–water partition coefficient (Wildman–Crippen LogP) is 3.54. The number of hydrogen-bond acceptors (Lipinski definition) is 3. The maximum Gasteiger partial charge on any atom is 0.223 e. The van der Waals surface area contributed by atoms with E-state index in [-0.39, 0.29) is 0 Å². The third kappa shape index (κ3) is 2.74.